The van der Waals surface area contributed by atoms with Gasteiger partial charge in [0.15, 0.2) is 0 Å². The molecule has 0 saturated heterocycles. The summed E-state index contributed by atoms with van der Waals surface area (Å²) in [5.74, 6) is -2.51. The summed E-state index contributed by atoms with van der Waals surface area (Å²) < 4.78 is 55.0. The Morgan fingerprint density at radius 1 is 0.596 bits per heavy atom. The minimum absolute atomic E-state index is 0.160. The maximum absolute atomic E-state index is 13.0. The Hall–Kier alpha value is -5.02. The number of rotatable bonds is 6. The Balaban J connectivity index is 0.000000193. The van der Waals surface area contributed by atoms with Gasteiger partial charge in [0.05, 0.1) is 21.2 Å². The molecular weight excluding hydrogens is 705 g/mol. The van der Waals surface area contributed by atoms with Crippen LogP contribution >= 0.6 is 0 Å². The Morgan fingerprint density at radius 2 is 0.923 bits per heavy atom. The first-order valence-electron chi connectivity index (χ1n) is 16.6. The van der Waals surface area contributed by atoms with Crippen LogP contribution in [0, 0.1) is 13.8 Å². The van der Waals surface area contributed by atoms with Crippen LogP contribution < -0.4 is 20.1 Å². The highest BCUT2D eigenvalue weighted by molar-refractivity contribution is 7.93. The van der Waals surface area contributed by atoms with Crippen molar-refractivity contribution in [1.29, 1.82) is 0 Å². The molecule has 52 heavy (non-hydrogen) atoms. The number of sulfonamides is 2. The van der Waals surface area contributed by atoms with Crippen molar-refractivity contribution in [3.8, 4) is 0 Å². The van der Waals surface area contributed by atoms with Crippen LogP contribution in [0.5, 0.6) is 0 Å². The molecule has 0 amide bonds. The average molecular weight is 749 g/mol. The van der Waals surface area contributed by atoms with Gasteiger partial charge in [-0.25, -0.2) is 26.4 Å². The van der Waals surface area contributed by atoms with Crippen molar-refractivity contribution in [2.75, 3.05) is 21.7 Å². The van der Waals surface area contributed by atoms with Gasteiger partial charge in [0.1, 0.15) is 0 Å². The van der Waals surface area contributed by atoms with E-state index in [4.69, 9.17) is 21.7 Å². The molecule has 0 bridgehead atoms. The van der Waals surface area contributed by atoms with E-state index in [0.717, 1.165) is 59.3 Å². The van der Waals surface area contributed by atoms with Crippen LogP contribution in [0.2, 0.25) is 0 Å². The van der Waals surface area contributed by atoms with Gasteiger partial charge in [-0.1, -0.05) is 71.8 Å². The van der Waals surface area contributed by atoms with Gasteiger partial charge in [-0.2, -0.15) is 0 Å². The third-order valence-corrected chi connectivity index (χ3v) is 12.1. The normalized spacial score (nSPS) is 17.2. The zero-order valence-electron chi connectivity index (χ0n) is 29.0. The van der Waals surface area contributed by atoms with Crippen LogP contribution in [-0.4, -0.2) is 64.2 Å². The molecule has 2 unspecified atom stereocenters. The van der Waals surface area contributed by atoms with E-state index in [-0.39, 0.29) is 12.1 Å². The molecule has 0 saturated carbocycles. The number of carboxylic acid groups (broad SMARTS) is 2. The summed E-state index contributed by atoms with van der Waals surface area (Å²) in [4.78, 5) is 19.7. The molecule has 6 rings (SSSR count). The highest BCUT2D eigenvalue weighted by atomic mass is 32.2. The SMILES string of the molecule is Cc1ccc(S(=O)(=O)N2CC(N)CCc3ccccc32)cc1.Cc1ccc(S(=O)(=O)N2CC(N)CCc3ccccc32)cc1.O=C(O)C=CC(=O)O. The second kappa shape index (κ2) is 17.5. The summed E-state index contributed by atoms with van der Waals surface area (Å²) in [6, 6.07) is 28.9. The molecular formula is C38H44N4O8S2. The number of anilines is 2. The molecule has 2 aliphatic rings. The Morgan fingerprint density at radius 3 is 1.25 bits per heavy atom. The minimum Gasteiger partial charge on any atom is -0.478 e. The van der Waals surface area contributed by atoms with Gasteiger partial charge in [-0.3, -0.25) is 8.61 Å². The minimum atomic E-state index is -3.60. The van der Waals surface area contributed by atoms with Crippen molar-refractivity contribution in [1.82, 2.24) is 0 Å². The van der Waals surface area contributed by atoms with E-state index >= 15 is 0 Å². The summed E-state index contributed by atoms with van der Waals surface area (Å²) in [6.07, 6.45) is 4.30. The number of aryl methyl sites for hydroxylation is 4. The van der Waals surface area contributed by atoms with E-state index in [0.29, 0.717) is 35.0 Å². The molecule has 2 atom stereocenters. The lowest BCUT2D eigenvalue weighted by Crippen LogP contribution is -2.40. The number of fused-ring (bicyclic) bond motifs is 2. The number of nitrogens with zero attached hydrogens (tertiary/aromatic N) is 2. The summed E-state index contributed by atoms with van der Waals surface area (Å²) in [6.45, 7) is 4.50. The molecule has 2 heterocycles. The molecule has 4 aromatic carbocycles. The monoisotopic (exact) mass is 748 g/mol. The molecule has 0 fully saturated rings. The molecule has 0 aliphatic carbocycles. The van der Waals surface area contributed by atoms with Gasteiger partial charge >= 0.3 is 11.9 Å². The van der Waals surface area contributed by atoms with Gasteiger partial charge in [0.25, 0.3) is 20.0 Å². The van der Waals surface area contributed by atoms with E-state index < -0.39 is 32.0 Å². The summed E-state index contributed by atoms with van der Waals surface area (Å²) in [5, 5.41) is 15.6. The standard InChI is InChI=1S/2C17H20N2O2S.C4H4O4/c2*1-13-6-10-16(11-7-13)22(20,21)19-12-15(18)9-8-14-4-2-3-5-17(14)19;5-3(6)1-2-4(7)8/h2*2-7,10-11,15H,8-9,12,18H2,1H3;1-2H,(H,5,6)(H,7,8). The summed E-state index contributed by atoms with van der Waals surface area (Å²) in [5.41, 5.74) is 17.8. The maximum atomic E-state index is 13.0. The maximum Gasteiger partial charge on any atom is 0.328 e. The Labute approximate surface area is 305 Å². The predicted molar refractivity (Wildman–Crippen MR) is 201 cm³/mol. The Kier molecular flexibility index (Phi) is 13.4. The van der Waals surface area contributed by atoms with E-state index in [1.54, 1.807) is 24.3 Å². The number of hydrogen-bond acceptors (Lipinski definition) is 8. The summed E-state index contributed by atoms with van der Waals surface area (Å²) in [7, 11) is -7.19. The van der Waals surface area contributed by atoms with E-state index in [1.165, 1.54) is 8.61 Å². The third kappa shape index (κ3) is 10.3. The van der Waals surface area contributed by atoms with Crippen LogP contribution in [0.25, 0.3) is 0 Å². The molecule has 0 radical (unpaired) electrons. The zero-order valence-corrected chi connectivity index (χ0v) is 30.6. The third-order valence-electron chi connectivity index (χ3n) is 8.48. The van der Waals surface area contributed by atoms with E-state index in [2.05, 4.69) is 0 Å². The fourth-order valence-electron chi connectivity index (χ4n) is 5.69. The molecule has 14 heteroatoms. The predicted octanol–water partition coefficient (Wildman–Crippen LogP) is 4.64. The van der Waals surface area contributed by atoms with Gasteiger partial charge < -0.3 is 21.7 Å². The molecule has 6 N–H and O–H groups in total. The number of para-hydroxylation sites is 2. The molecule has 4 aromatic rings. The van der Waals surface area contributed by atoms with Crippen LogP contribution in [0.3, 0.4) is 0 Å². The lowest BCUT2D eigenvalue weighted by Gasteiger charge is -2.26. The number of carbonyl (C=O) groups is 2. The molecule has 2 aliphatic heterocycles. The van der Waals surface area contributed by atoms with Crippen molar-refractivity contribution < 1.29 is 36.6 Å². The average Bonchev–Trinajstić information content (AvgIpc) is 3.40. The number of hydrogen-bond donors (Lipinski definition) is 4. The quantitative estimate of drug-likeness (QED) is 0.201. The first-order chi connectivity index (χ1) is 24.6. The second-order valence-corrected chi connectivity index (χ2v) is 16.3. The highest BCUT2D eigenvalue weighted by Gasteiger charge is 2.31. The highest BCUT2D eigenvalue weighted by Crippen LogP contribution is 2.32. The fraction of sp³-hybridized carbons (Fsp3) is 0.263. The largest absolute Gasteiger partial charge is 0.478 e. The van der Waals surface area contributed by atoms with Crippen LogP contribution in [0.4, 0.5) is 11.4 Å². The van der Waals surface area contributed by atoms with Gasteiger partial charge in [0.2, 0.25) is 0 Å². The lowest BCUT2D eigenvalue weighted by atomic mass is 10.1. The second-order valence-electron chi connectivity index (χ2n) is 12.6. The van der Waals surface area contributed by atoms with Gasteiger partial charge in [0, 0.05) is 37.3 Å². The topological polar surface area (TPSA) is 201 Å². The smallest absolute Gasteiger partial charge is 0.328 e. The van der Waals surface area contributed by atoms with Crippen LogP contribution in [-0.2, 0) is 42.5 Å². The fourth-order valence-corrected chi connectivity index (χ4v) is 8.81. The number of benzene rings is 4. The molecule has 0 spiro atoms. The Bertz CT molecular complexity index is 1950. The molecule has 12 nitrogen and oxygen atoms in total. The van der Waals surface area contributed by atoms with Gasteiger partial charge in [-0.15, -0.1) is 0 Å². The van der Waals surface area contributed by atoms with Crippen molar-refractivity contribution in [2.45, 2.75) is 61.4 Å². The van der Waals surface area contributed by atoms with Crippen molar-refractivity contribution in [2.24, 2.45) is 11.5 Å². The van der Waals surface area contributed by atoms with Crippen molar-refractivity contribution in [3.05, 3.63) is 131 Å². The van der Waals surface area contributed by atoms with E-state index in [9.17, 15) is 26.4 Å². The number of nitrogens with two attached hydrogens (primary N) is 2. The van der Waals surface area contributed by atoms with Crippen molar-refractivity contribution in [3.63, 3.8) is 0 Å². The number of aliphatic carboxylic acids is 2. The van der Waals surface area contributed by atoms with Crippen LogP contribution in [0.1, 0.15) is 35.1 Å². The first kappa shape index (κ1) is 39.8. The number of carboxylic acids is 2. The molecule has 0 aromatic heterocycles. The van der Waals surface area contributed by atoms with Crippen LogP contribution in [0.15, 0.2) is 119 Å². The lowest BCUT2D eigenvalue weighted by molar-refractivity contribution is -0.134. The summed E-state index contributed by atoms with van der Waals surface area (Å²) >= 11 is 0. The van der Waals surface area contributed by atoms with Crippen molar-refractivity contribution >= 4 is 43.4 Å². The van der Waals surface area contributed by atoms with E-state index in [1.807, 2.05) is 86.6 Å². The molecule has 276 valence electrons. The zero-order chi connectivity index (χ0) is 38.1. The van der Waals surface area contributed by atoms with Gasteiger partial charge in [-0.05, 0) is 87.1 Å². The first-order valence-corrected chi connectivity index (χ1v) is 19.5.